The van der Waals surface area contributed by atoms with Gasteiger partial charge in [0.15, 0.2) is 11.5 Å². The van der Waals surface area contributed by atoms with E-state index in [1.807, 2.05) is 30.0 Å². The van der Waals surface area contributed by atoms with Crippen molar-refractivity contribution in [3.05, 3.63) is 23.8 Å². The van der Waals surface area contributed by atoms with Gasteiger partial charge in [-0.05, 0) is 24.6 Å². The lowest BCUT2D eigenvalue weighted by atomic mass is 10.1. The number of nitrogens with one attached hydrogen (secondary N) is 1. The maximum Gasteiger partial charge on any atom is 0.236 e. The smallest absolute Gasteiger partial charge is 0.236 e. The van der Waals surface area contributed by atoms with E-state index in [4.69, 9.17) is 14.2 Å². The van der Waals surface area contributed by atoms with Crippen LogP contribution in [0.1, 0.15) is 18.5 Å². The summed E-state index contributed by atoms with van der Waals surface area (Å²) >= 11 is 0. The topological polar surface area (TPSA) is 83.6 Å². The number of carbonyl (C=O) groups is 2. The fraction of sp³-hybridized carbons (Fsp3) is 0.619. The van der Waals surface area contributed by atoms with E-state index in [-0.39, 0.29) is 24.6 Å². The van der Waals surface area contributed by atoms with Gasteiger partial charge < -0.3 is 24.4 Å². The summed E-state index contributed by atoms with van der Waals surface area (Å²) in [6.07, 6.45) is 0. The fourth-order valence-corrected chi connectivity index (χ4v) is 3.96. The maximum atomic E-state index is 12.5. The zero-order valence-electron chi connectivity index (χ0n) is 17.5. The van der Waals surface area contributed by atoms with Crippen molar-refractivity contribution in [2.24, 2.45) is 0 Å². The number of benzene rings is 1. The van der Waals surface area contributed by atoms with E-state index in [1.165, 1.54) is 0 Å². The molecule has 2 fully saturated rings. The third kappa shape index (κ3) is 5.21. The third-order valence-electron chi connectivity index (χ3n) is 5.83. The third-order valence-corrected chi connectivity index (χ3v) is 5.83. The van der Waals surface area contributed by atoms with Crippen LogP contribution < -0.4 is 14.8 Å². The summed E-state index contributed by atoms with van der Waals surface area (Å²) in [6.45, 7) is 8.74. The first kappa shape index (κ1) is 20.9. The molecule has 2 amide bonds. The van der Waals surface area contributed by atoms with Gasteiger partial charge in [0.05, 0.1) is 32.3 Å². The zero-order chi connectivity index (χ0) is 20.9. The Hall–Kier alpha value is -2.36. The van der Waals surface area contributed by atoms with Crippen molar-refractivity contribution in [1.29, 1.82) is 0 Å². The van der Waals surface area contributed by atoms with Gasteiger partial charge in [0.1, 0.15) is 0 Å². The van der Waals surface area contributed by atoms with Crippen molar-refractivity contribution in [3.63, 3.8) is 0 Å². The second-order valence-electron chi connectivity index (χ2n) is 7.95. The number of hydrogen-bond acceptors (Lipinski definition) is 7. The average molecular weight is 418 g/mol. The molecule has 0 unspecified atom stereocenters. The molecule has 4 rings (SSSR count). The monoisotopic (exact) mass is 418 g/mol. The number of piperazine rings is 1. The van der Waals surface area contributed by atoms with Crippen molar-refractivity contribution in [3.8, 4) is 11.5 Å². The molecule has 30 heavy (non-hydrogen) atoms. The SMILES string of the molecule is C[C@@H](NC(=O)CN1CCN(C(=O)CN2CCOCC2)CC1)c1ccc2c(c1)OCO2. The van der Waals surface area contributed by atoms with E-state index in [9.17, 15) is 9.59 Å². The first-order chi connectivity index (χ1) is 14.6. The number of carbonyl (C=O) groups excluding carboxylic acids is 2. The summed E-state index contributed by atoms with van der Waals surface area (Å²) in [5, 5.41) is 3.05. The molecule has 9 nitrogen and oxygen atoms in total. The maximum absolute atomic E-state index is 12.5. The Bertz CT molecular complexity index is 760. The quantitative estimate of drug-likeness (QED) is 0.700. The predicted octanol–water partition coefficient (Wildman–Crippen LogP) is 0.0689. The Morgan fingerprint density at radius 1 is 0.967 bits per heavy atom. The van der Waals surface area contributed by atoms with Crippen LogP contribution in [0.25, 0.3) is 0 Å². The average Bonchev–Trinajstić information content (AvgIpc) is 3.22. The lowest BCUT2D eigenvalue weighted by Gasteiger charge is -2.36. The van der Waals surface area contributed by atoms with Crippen LogP contribution in [-0.2, 0) is 14.3 Å². The van der Waals surface area contributed by atoms with Crippen LogP contribution in [0.5, 0.6) is 11.5 Å². The van der Waals surface area contributed by atoms with Crippen LogP contribution in [0.3, 0.4) is 0 Å². The summed E-state index contributed by atoms with van der Waals surface area (Å²) in [5.74, 6) is 1.59. The van der Waals surface area contributed by atoms with Crippen LogP contribution in [0.2, 0.25) is 0 Å². The lowest BCUT2D eigenvalue weighted by molar-refractivity contribution is -0.135. The van der Waals surface area contributed by atoms with Gasteiger partial charge in [0.25, 0.3) is 0 Å². The number of nitrogens with zero attached hydrogens (tertiary/aromatic N) is 3. The van der Waals surface area contributed by atoms with Crippen molar-refractivity contribution in [1.82, 2.24) is 20.0 Å². The van der Waals surface area contributed by atoms with E-state index in [0.29, 0.717) is 58.2 Å². The standard InChI is InChI=1S/C21H30N4O5/c1-16(17-2-3-18-19(12-17)30-15-29-18)22-20(26)13-23-4-6-25(7-5-23)21(27)14-24-8-10-28-11-9-24/h2-3,12,16H,4-11,13-15H2,1H3,(H,22,26)/t16-/m1/s1. The van der Waals surface area contributed by atoms with Crippen LogP contribution in [-0.4, -0.2) is 98.9 Å². The molecule has 1 atom stereocenters. The summed E-state index contributed by atoms with van der Waals surface area (Å²) in [5.41, 5.74) is 0.978. The van der Waals surface area contributed by atoms with Crippen LogP contribution >= 0.6 is 0 Å². The highest BCUT2D eigenvalue weighted by molar-refractivity contribution is 5.79. The van der Waals surface area contributed by atoms with Crippen molar-refractivity contribution in [2.45, 2.75) is 13.0 Å². The minimum atomic E-state index is -0.122. The van der Waals surface area contributed by atoms with E-state index in [1.54, 1.807) is 0 Å². The summed E-state index contributed by atoms with van der Waals surface area (Å²) < 4.78 is 16.1. The normalized spacial score (nSPS) is 20.8. The molecule has 1 aromatic rings. The highest BCUT2D eigenvalue weighted by Crippen LogP contribution is 2.34. The summed E-state index contributed by atoms with van der Waals surface area (Å²) in [4.78, 5) is 31.1. The summed E-state index contributed by atoms with van der Waals surface area (Å²) in [7, 11) is 0. The molecule has 0 spiro atoms. The molecule has 9 heteroatoms. The molecular formula is C21H30N4O5. The molecule has 0 bridgehead atoms. The first-order valence-electron chi connectivity index (χ1n) is 10.6. The summed E-state index contributed by atoms with van der Waals surface area (Å²) in [6, 6.07) is 5.60. The Labute approximate surface area is 176 Å². The van der Waals surface area contributed by atoms with Gasteiger partial charge in [-0.15, -0.1) is 0 Å². The number of rotatable bonds is 6. The number of fused-ring (bicyclic) bond motifs is 1. The van der Waals surface area contributed by atoms with Crippen molar-refractivity contribution in [2.75, 3.05) is 72.4 Å². The second-order valence-corrected chi connectivity index (χ2v) is 7.95. The van der Waals surface area contributed by atoms with E-state index in [0.717, 1.165) is 24.4 Å². The molecule has 3 aliphatic heterocycles. The molecule has 3 aliphatic rings. The van der Waals surface area contributed by atoms with Gasteiger partial charge in [-0.1, -0.05) is 6.07 Å². The molecule has 2 saturated heterocycles. The minimum absolute atomic E-state index is 0.0201. The molecule has 3 heterocycles. The Morgan fingerprint density at radius 2 is 1.67 bits per heavy atom. The molecule has 0 saturated carbocycles. The van der Waals surface area contributed by atoms with Gasteiger partial charge >= 0.3 is 0 Å². The highest BCUT2D eigenvalue weighted by Gasteiger charge is 2.25. The zero-order valence-corrected chi connectivity index (χ0v) is 17.5. The van der Waals surface area contributed by atoms with Gasteiger partial charge in [-0.2, -0.15) is 0 Å². The Kier molecular flexibility index (Phi) is 6.71. The first-order valence-corrected chi connectivity index (χ1v) is 10.6. The number of hydrogen-bond donors (Lipinski definition) is 1. The lowest BCUT2D eigenvalue weighted by Crippen LogP contribution is -2.53. The molecule has 1 N–H and O–H groups in total. The fourth-order valence-electron chi connectivity index (χ4n) is 3.96. The molecular weight excluding hydrogens is 388 g/mol. The van der Waals surface area contributed by atoms with Crippen molar-refractivity contribution < 1.29 is 23.8 Å². The number of morpholine rings is 1. The van der Waals surface area contributed by atoms with E-state index < -0.39 is 0 Å². The molecule has 0 aromatic heterocycles. The number of amides is 2. The van der Waals surface area contributed by atoms with E-state index in [2.05, 4.69) is 15.1 Å². The predicted molar refractivity (Wildman–Crippen MR) is 109 cm³/mol. The largest absolute Gasteiger partial charge is 0.454 e. The van der Waals surface area contributed by atoms with Gasteiger partial charge in [0.2, 0.25) is 18.6 Å². The molecule has 0 aliphatic carbocycles. The van der Waals surface area contributed by atoms with Gasteiger partial charge in [-0.3, -0.25) is 19.4 Å². The molecule has 0 radical (unpaired) electrons. The Balaban J connectivity index is 1.19. The van der Waals surface area contributed by atoms with Crippen LogP contribution in [0.15, 0.2) is 18.2 Å². The van der Waals surface area contributed by atoms with Gasteiger partial charge in [-0.25, -0.2) is 0 Å². The highest BCUT2D eigenvalue weighted by atomic mass is 16.7. The second kappa shape index (κ2) is 9.63. The van der Waals surface area contributed by atoms with Gasteiger partial charge in [0, 0.05) is 39.3 Å². The molecule has 164 valence electrons. The minimum Gasteiger partial charge on any atom is -0.454 e. The van der Waals surface area contributed by atoms with Crippen molar-refractivity contribution >= 4 is 11.8 Å². The van der Waals surface area contributed by atoms with E-state index >= 15 is 0 Å². The molecule has 1 aromatic carbocycles. The van der Waals surface area contributed by atoms with Crippen LogP contribution in [0, 0.1) is 0 Å². The Morgan fingerprint density at radius 3 is 2.43 bits per heavy atom. The van der Waals surface area contributed by atoms with Crippen LogP contribution in [0.4, 0.5) is 0 Å². The number of ether oxygens (including phenoxy) is 3.